The number of aliphatic hydroxyl groups is 1. The third kappa shape index (κ3) is 2.22. The van der Waals surface area contributed by atoms with Gasteiger partial charge >= 0.3 is 0 Å². The smallest absolute Gasteiger partial charge is 0.0543 e. The van der Waals surface area contributed by atoms with Crippen LogP contribution in [0.1, 0.15) is 46.5 Å². The molecule has 0 aromatic rings. The summed E-state index contributed by atoms with van der Waals surface area (Å²) in [6, 6.07) is 0. The van der Waals surface area contributed by atoms with Gasteiger partial charge in [-0.15, -0.1) is 0 Å². The third-order valence-electron chi connectivity index (χ3n) is 3.58. The molecule has 1 saturated carbocycles. The van der Waals surface area contributed by atoms with Crippen LogP contribution >= 0.6 is 0 Å². The van der Waals surface area contributed by atoms with E-state index in [0.717, 1.165) is 30.6 Å². The summed E-state index contributed by atoms with van der Waals surface area (Å²) in [6.45, 7) is 6.90. The lowest BCUT2D eigenvalue weighted by atomic mass is 9.72. The fourth-order valence-corrected chi connectivity index (χ4v) is 2.54. The Balaban J connectivity index is 2.44. The van der Waals surface area contributed by atoms with E-state index in [0.29, 0.717) is 0 Å². The van der Waals surface area contributed by atoms with Crippen LogP contribution in [0, 0.1) is 17.8 Å². The molecule has 1 aliphatic rings. The lowest BCUT2D eigenvalue weighted by Gasteiger charge is -2.35. The van der Waals surface area contributed by atoms with Gasteiger partial charge in [0.2, 0.25) is 0 Å². The lowest BCUT2D eigenvalue weighted by Crippen LogP contribution is -2.29. The van der Waals surface area contributed by atoms with Gasteiger partial charge in [0.25, 0.3) is 0 Å². The second kappa shape index (κ2) is 4.27. The van der Waals surface area contributed by atoms with Gasteiger partial charge in [-0.25, -0.2) is 0 Å². The van der Waals surface area contributed by atoms with Crippen LogP contribution in [0.3, 0.4) is 0 Å². The molecule has 1 nitrogen and oxygen atoms in total. The highest BCUT2D eigenvalue weighted by Gasteiger charge is 2.29. The van der Waals surface area contributed by atoms with Crippen molar-refractivity contribution >= 4 is 0 Å². The quantitative estimate of drug-likeness (QED) is 0.675. The van der Waals surface area contributed by atoms with Gasteiger partial charge in [-0.1, -0.05) is 27.2 Å². The SMILES string of the molecule is CC[C@@H](C)[C@H]1CC[C@H](O)C[C@@H]1C. The van der Waals surface area contributed by atoms with Crippen LogP contribution in [-0.4, -0.2) is 11.2 Å². The van der Waals surface area contributed by atoms with Crippen LogP contribution in [-0.2, 0) is 0 Å². The molecule has 0 unspecified atom stereocenters. The molecule has 1 fully saturated rings. The summed E-state index contributed by atoms with van der Waals surface area (Å²) in [5.41, 5.74) is 0. The molecular weight excluding hydrogens is 148 g/mol. The molecule has 0 heterocycles. The Hall–Kier alpha value is -0.0400. The first-order valence-electron chi connectivity index (χ1n) is 5.33. The van der Waals surface area contributed by atoms with E-state index in [1.165, 1.54) is 12.8 Å². The fraction of sp³-hybridized carbons (Fsp3) is 1.00. The Labute approximate surface area is 76.2 Å². The molecule has 0 radical (unpaired) electrons. The molecule has 1 aliphatic carbocycles. The molecule has 72 valence electrons. The minimum Gasteiger partial charge on any atom is -0.393 e. The van der Waals surface area contributed by atoms with Crippen LogP contribution in [0.25, 0.3) is 0 Å². The standard InChI is InChI=1S/C11H22O/c1-4-8(2)11-6-5-10(12)7-9(11)3/h8-12H,4-7H2,1-3H3/t8-,9+,10+,11-/m1/s1. The van der Waals surface area contributed by atoms with Gasteiger partial charge in [-0.3, -0.25) is 0 Å². The maximum Gasteiger partial charge on any atom is 0.0543 e. The van der Waals surface area contributed by atoms with Crippen molar-refractivity contribution in [1.29, 1.82) is 0 Å². The largest absolute Gasteiger partial charge is 0.393 e. The summed E-state index contributed by atoms with van der Waals surface area (Å²) >= 11 is 0. The van der Waals surface area contributed by atoms with Crippen LogP contribution < -0.4 is 0 Å². The van der Waals surface area contributed by atoms with E-state index in [4.69, 9.17) is 0 Å². The first-order chi connectivity index (χ1) is 5.65. The number of rotatable bonds is 2. The van der Waals surface area contributed by atoms with Crippen molar-refractivity contribution in [2.75, 3.05) is 0 Å². The summed E-state index contributed by atoms with van der Waals surface area (Å²) in [5, 5.41) is 9.45. The highest BCUT2D eigenvalue weighted by Crippen LogP contribution is 2.36. The van der Waals surface area contributed by atoms with Crippen molar-refractivity contribution in [3.05, 3.63) is 0 Å². The first kappa shape index (κ1) is 10.0. The van der Waals surface area contributed by atoms with Crippen LogP contribution in [0.2, 0.25) is 0 Å². The normalized spacial score (nSPS) is 39.5. The van der Waals surface area contributed by atoms with Crippen LogP contribution in [0.15, 0.2) is 0 Å². The predicted molar refractivity (Wildman–Crippen MR) is 52.0 cm³/mol. The van der Waals surface area contributed by atoms with Crippen molar-refractivity contribution in [3.8, 4) is 0 Å². The number of aliphatic hydroxyl groups excluding tert-OH is 1. The van der Waals surface area contributed by atoms with Gasteiger partial charge in [-0.2, -0.15) is 0 Å². The van der Waals surface area contributed by atoms with E-state index in [2.05, 4.69) is 20.8 Å². The van der Waals surface area contributed by atoms with E-state index < -0.39 is 0 Å². The average Bonchev–Trinajstić information content (AvgIpc) is 2.03. The van der Waals surface area contributed by atoms with Crippen molar-refractivity contribution in [2.45, 2.75) is 52.6 Å². The highest BCUT2D eigenvalue weighted by molar-refractivity contribution is 4.79. The monoisotopic (exact) mass is 170 g/mol. The maximum absolute atomic E-state index is 9.45. The molecule has 0 bridgehead atoms. The predicted octanol–water partition coefficient (Wildman–Crippen LogP) is 2.83. The van der Waals surface area contributed by atoms with E-state index in [1.807, 2.05) is 0 Å². The number of hydrogen-bond donors (Lipinski definition) is 1. The molecule has 0 aromatic heterocycles. The molecular formula is C11H22O. The summed E-state index contributed by atoms with van der Waals surface area (Å²) in [5.74, 6) is 2.43. The summed E-state index contributed by atoms with van der Waals surface area (Å²) in [6.07, 6.45) is 4.55. The van der Waals surface area contributed by atoms with E-state index in [1.54, 1.807) is 0 Å². The van der Waals surface area contributed by atoms with Crippen LogP contribution in [0.4, 0.5) is 0 Å². The third-order valence-corrected chi connectivity index (χ3v) is 3.58. The van der Waals surface area contributed by atoms with Gasteiger partial charge in [0.15, 0.2) is 0 Å². The first-order valence-corrected chi connectivity index (χ1v) is 5.33. The molecule has 1 heteroatoms. The molecule has 0 spiro atoms. The van der Waals surface area contributed by atoms with Gasteiger partial charge in [0.05, 0.1) is 6.10 Å². The molecule has 4 atom stereocenters. The second-order valence-corrected chi connectivity index (χ2v) is 4.49. The Kier molecular flexibility index (Phi) is 3.57. The summed E-state index contributed by atoms with van der Waals surface area (Å²) in [7, 11) is 0. The van der Waals surface area contributed by atoms with E-state index in [9.17, 15) is 5.11 Å². The summed E-state index contributed by atoms with van der Waals surface area (Å²) < 4.78 is 0. The van der Waals surface area contributed by atoms with Crippen molar-refractivity contribution in [1.82, 2.24) is 0 Å². The zero-order valence-electron chi connectivity index (χ0n) is 8.59. The van der Waals surface area contributed by atoms with Crippen molar-refractivity contribution in [3.63, 3.8) is 0 Å². The second-order valence-electron chi connectivity index (χ2n) is 4.49. The van der Waals surface area contributed by atoms with E-state index >= 15 is 0 Å². The van der Waals surface area contributed by atoms with Gasteiger partial charge < -0.3 is 5.11 Å². The topological polar surface area (TPSA) is 20.2 Å². The Morgan fingerprint density at radius 3 is 2.58 bits per heavy atom. The molecule has 0 aromatic carbocycles. The highest BCUT2D eigenvalue weighted by atomic mass is 16.3. The molecule has 1 rings (SSSR count). The lowest BCUT2D eigenvalue weighted by molar-refractivity contribution is 0.0555. The molecule has 0 aliphatic heterocycles. The molecule has 0 amide bonds. The zero-order valence-corrected chi connectivity index (χ0v) is 8.59. The Morgan fingerprint density at radius 2 is 2.08 bits per heavy atom. The Morgan fingerprint density at radius 1 is 1.42 bits per heavy atom. The van der Waals surface area contributed by atoms with Gasteiger partial charge in [-0.05, 0) is 37.0 Å². The minimum absolute atomic E-state index is 0.0136. The van der Waals surface area contributed by atoms with Gasteiger partial charge in [0.1, 0.15) is 0 Å². The van der Waals surface area contributed by atoms with Crippen LogP contribution in [0.5, 0.6) is 0 Å². The maximum atomic E-state index is 9.45. The fourth-order valence-electron chi connectivity index (χ4n) is 2.54. The Bertz CT molecular complexity index is 133. The van der Waals surface area contributed by atoms with Gasteiger partial charge in [0, 0.05) is 0 Å². The molecule has 12 heavy (non-hydrogen) atoms. The minimum atomic E-state index is -0.0136. The molecule has 0 saturated heterocycles. The summed E-state index contributed by atoms with van der Waals surface area (Å²) in [4.78, 5) is 0. The van der Waals surface area contributed by atoms with Crippen molar-refractivity contribution < 1.29 is 5.11 Å². The number of hydrogen-bond acceptors (Lipinski definition) is 1. The average molecular weight is 170 g/mol. The molecule has 1 N–H and O–H groups in total. The van der Waals surface area contributed by atoms with E-state index in [-0.39, 0.29) is 6.10 Å². The van der Waals surface area contributed by atoms with Crippen molar-refractivity contribution in [2.24, 2.45) is 17.8 Å². The zero-order chi connectivity index (χ0) is 9.14.